The van der Waals surface area contributed by atoms with E-state index in [0.29, 0.717) is 12.2 Å². The topological polar surface area (TPSA) is 95.7 Å². The lowest BCUT2D eigenvalue weighted by molar-refractivity contribution is 0.567. The molecule has 1 N–H and O–H groups in total. The van der Waals surface area contributed by atoms with E-state index >= 15 is 0 Å². The summed E-state index contributed by atoms with van der Waals surface area (Å²) in [7, 11) is -3.26. The third-order valence-corrected chi connectivity index (χ3v) is 7.78. The quantitative estimate of drug-likeness (QED) is 0.416. The second-order valence-corrected chi connectivity index (χ2v) is 11.5. The number of nitrogens with one attached hydrogen (secondary N) is 1. The summed E-state index contributed by atoms with van der Waals surface area (Å²) in [6.45, 7) is 2.13. The van der Waals surface area contributed by atoms with Gasteiger partial charge >= 0.3 is 0 Å². The second kappa shape index (κ2) is 9.38. The minimum Gasteiger partial charge on any atom is -0.355 e. The lowest BCUT2D eigenvalue weighted by atomic mass is 10.0. The maximum absolute atomic E-state index is 13.9. The van der Waals surface area contributed by atoms with Gasteiger partial charge in [-0.2, -0.15) is 0 Å². The SMILES string of the molecule is CS(=O)(=O)N[C@@H]1CCN(c2cccc(-c3cnc4ccc(N5CCCC5c5cccc(F)c5)nn34)n2)C1. The van der Waals surface area contributed by atoms with Crippen molar-refractivity contribution >= 4 is 27.3 Å². The Morgan fingerprint density at radius 1 is 1.03 bits per heavy atom. The summed E-state index contributed by atoms with van der Waals surface area (Å²) in [6, 6.07) is 16.4. The minimum atomic E-state index is -3.26. The van der Waals surface area contributed by atoms with E-state index in [9.17, 15) is 12.8 Å². The van der Waals surface area contributed by atoms with E-state index < -0.39 is 10.0 Å². The molecule has 0 saturated carbocycles. The van der Waals surface area contributed by atoms with Crippen LogP contribution in [0, 0.1) is 5.82 Å². The van der Waals surface area contributed by atoms with Gasteiger partial charge in [0.2, 0.25) is 10.0 Å². The number of halogens is 1. The predicted molar refractivity (Wildman–Crippen MR) is 141 cm³/mol. The highest BCUT2D eigenvalue weighted by atomic mass is 32.2. The van der Waals surface area contributed by atoms with Crippen LogP contribution in [0.3, 0.4) is 0 Å². The number of hydrogen-bond donors (Lipinski definition) is 1. The summed E-state index contributed by atoms with van der Waals surface area (Å²) in [4.78, 5) is 13.7. The second-order valence-electron chi connectivity index (χ2n) is 9.71. The zero-order valence-electron chi connectivity index (χ0n) is 20.5. The first kappa shape index (κ1) is 23.8. The molecule has 0 spiro atoms. The van der Waals surface area contributed by atoms with Gasteiger partial charge in [-0.25, -0.2) is 32.0 Å². The van der Waals surface area contributed by atoms with Crippen LogP contribution in [0.5, 0.6) is 0 Å². The average molecular weight is 522 g/mol. The van der Waals surface area contributed by atoms with E-state index in [2.05, 4.69) is 19.5 Å². The Kier molecular flexibility index (Phi) is 6.04. The van der Waals surface area contributed by atoms with Crippen molar-refractivity contribution in [2.45, 2.75) is 31.3 Å². The molecule has 5 heterocycles. The van der Waals surface area contributed by atoms with Crippen molar-refractivity contribution in [3.63, 3.8) is 0 Å². The third kappa shape index (κ3) is 4.88. The first-order valence-corrected chi connectivity index (χ1v) is 14.3. The first-order chi connectivity index (χ1) is 17.8. The number of pyridine rings is 1. The molecule has 0 aliphatic carbocycles. The van der Waals surface area contributed by atoms with Gasteiger partial charge in [0.25, 0.3) is 0 Å². The Morgan fingerprint density at radius 3 is 2.73 bits per heavy atom. The van der Waals surface area contributed by atoms with E-state index in [-0.39, 0.29) is 17.9 Å². The number of rotatable bonds is 6. The summed E-state index contributed by atoms with van der Waals surface area (Å²) in [5, 5.41) is 4.93. The number of nitrogens with zero attached hydrogens (tertiary/aromatic N) is 6. The van der Waals surface area contributed by atoms with Crippen LogP contribution in [0.4, 0.5) is 16.0 Å². The minimum absolute atomic E-state index is 0.0673. The predicted octanol–water partition coefficient (Wildman–Crippen LogP) is 3.40. The largest absolute Gasteiger partial charge is 0.355 e. The average Bonchev–Trinajstić information content (AvgIpc) is 3.62. The number of anilines is 2. The fourth-order valence-electron chi connectivity index (χ4n) is 5.40. The van der Waals surface area contributed by atoms with E-state index in [1.54, 1.807) is 22.8 Å². The van der Waals surface area contributed by atoms with Crippen LogP contribution in [0.25, 0.3) is 17.0 Å². The Balaban J connectivity index is 1.29. The zero-order chi connectivity index (χ0) is 25.6. The van der Waals surface area contributed by atoms with Crippen LogP contribution in [0.2, 0.25) is 0 Å². The molecule has 2 aliphatic rings. The van der Waals surface area contributed by atoms with Gasteiger partial charge in [-0.1, -0.05) is 18.2 Å². The van der Waals surface area contributed by atoms with Crippen molar-refractivity contribution in [3.8, 4) is 11.4 Å². The van der Waals surface area contributed by atoms with Gasteiger partial charge in [-0.3, -0.25) is 0 Å². The first-order valence-electron chi connectivity index (χ1n) is 12.4. The molecule has 9 nitrogen and oxygen atoms in total. The molecule has 0 amide bonds. The molecule has 2 atom stereocenters. The van der Waals surface area contributed by atoms with Crippen LogP contribution >= 0.6 is 0 Å². The Bertz CT molecular complexity index is 1560. The van der Waals surface area contributed by atoms with Gasteiger partial charge in [-0.15, -0.1) is 5.10 Å². The van der Waals surface area contributed by atoms with E-state index in [4.69, 9.17) is 10.1 Å². The Hall–Kier alpha value is -3.57. The standard InChI is InChI=1S/C26H28FN7O2S/c1-37(35,36)31-20-12-14-32(17-20)25-9-3-7-21(29-25)23-16-28-24-10-11-26(30-34(23)24)33-13-4-8-22(33)18-5-2-6-19(27)15-18/h2-3,5-7,9-11,15-16,20,22,31H,4,8,12-14,17H2,1H3/t20-,22?/m1/s1. The van der Waals surface area contributed by atoms with Crippen molar-refractivity contribution in [2.24, 2.45) is 0 Å². The molecule has 37 heavy (non-hydrogen) atoms. The highest BCUT2D eigenvalue weighted by Gasteiger charge is 2.29. The normalized spacial score (nSPS) is 20.3. The molecule has 192 valence electrons. The summed E-state index contributed by atoms with van der Waals surface area (Å²) in [5.41, 5.74) is 3.17. The smallest absolute Gasteiger partial charge is 0.209 e. The van der Waals surface area contributed by atoms with E-state index in [1.807, 2.05) is 36.4 Å². The molecule has 1 aromatic carbocycles. The molecule has 0 radical (unpaired) electrons. The summed E-state index contributed by atoms with van der Waals surface area (Å²) in [6.07, 6.45) is 5.62. The number of imidazole rings is 1. The number of sulfonamides is 1. The highest BCUT2D eigenvalue weighted by molar-refractivity contribution is 7.88. The van der Waals surface area contributed by atoms with Gasteiger partial charge in [0, 0.05) is 25.7 Å². The number of fused-ring (bicyclic) bond motifs is 1. The molecule has 11 heteroatoms. The van der Waals surface area contributed by atoms with Crippen LogP contribution < -0.4 is 14.5 Å². The molecule has 4 aromatic rings. The fourth-order valence-corrected chi connectivity index (χ4v) is 6.20. The van der Waals surface area contributed by atoms with Crippen molar-refractivity contribution in [1.82, 2.24) is 24.3 Å². The van der Waals surface area contributed by atoms with Crippen LogP contribution in [-0.2, 0) is 10.0 Å². The summed E-state index contributed by atoms with van der Waals surface area (Å²) in [5.74, 6) is 1.36. The van der Waals surface area contributed by atoms with Gasteiger partial charge in [0.1, 0.15) is 23.1 Å². The van der Waals surface area contributed by atoms with Crippen LogP contribution in [0.15, 0.2) is 60.8 Å². The lowest BCUT2D eigenvalue weighted by Gasteiger charge is -2.26. The Labute approximate surface area is 215 Å². The number of aromatic nitrogens is 4. The zero-order valence-corrected chi connectivity index (χ0v) is 21.3. The van der Waals surface area contributed by atoms with Gasteiger partial charge in [-0.05, 0) is 61.2 Å². The van der Waals surface area contributed by atoms with E-state index in [0.717, 1.165) is 60.9 Å². The van der Waals surface area contributed by atoms with Crippen LogP contribution in [-0.4, -0.2) is 59.9 Å². The van der Waals surface area contributed by atoms with Crippen molar-refractivity contribution < 1.29 is 12.8 Å². The van der Waals surface area contributed by atoms with Crippen molar-refractivity contribution in [1.29, 1.82) is 0 Å². The number of benzene rings is 1. The molecule has 3 aromatic heterocycles. The maximum atomic E-state index is 13.9. The maximum Gasteiger partial charge on any atom is 0.209 e. The molecular formula is C26H28FN7O2S. The molecule has 6 rings (SSSR count). The van der Waals surface area contributed by atoms with Crippen molar-refractivity contribution in [2.75, 3.05) is 35.7 Å². The van der Waals surface area contributed by atoms with Gasteiger partial charge in [0.05, 0.1) is 24.2 Å². The molecule has 0 bridgehead atoms. The third-order valence-electron chi connectivity index (χ3n) is 7.02. The monoisotopic (exact) mass is 521 g/mol. The number of hydrogen-bond acceptors (Lipinski definition) is 7. The van der Waals surface area contributed by atoms with Gasteiger partial charge < -0.3 is 9.80 Å². The summed E-state index contributed by atoms with van der Waals surface area (Å²) < 4.78 is 41.6. The Morgan fingerprint density at radius 2 is 1.89 bits per heavy atom. The molecule has 2 saturated heterocycles. The molecular weight excluding hydrogens is 493 g/mol. The van der Waals surface area contributed by atoms with Crippen LogP contribution in [0.1, 0.15) is 30.9 Å². The highest BCUT2D eigenvalue weighted by Crippen LogP contribution is 2.35. The fraction of sp³-hybridized carbons (Fsp3) is 0.346. The lowest BCUT2D eigenvalue weighted by Crippen LogP contribution is -2.36. The molecule has 1 unspecified atom stereocenters. The van der Waals surface area contributed by atoms with Crippen molar-refractivity contribution in [3.05, 3.63) is 72.2 Å². The van der Waals surface area contributed by atoms with Gasteiger partial charge in [0.15, 0.2) is 5.65 Å². The van der Waals surface area contributed by atoms with E-state index in [1.165, 1.54) is 12.3 Å². The molecule has 2 aliphatic heterocycles. The molecule has 2 fully saturated rings. The summed E-state index contributed by atoms with van der Waals surface area (Å²) >= 11 is 0.